The average Bonchev–Trinajstić information content (AvgIpc) is 2.93. The summed E-state index contributed by atoms with van der Waals surface area (Å²) in [7, 11) is -6.62. The summed E-state index contributed by atoms with van der Waals surface area (Å²) in [4.78, 5) is 0.267. The fraction of sp³-hybridized carbons (Fsp3) is 0.538. The summed E-state index contributed by atoms with van der Waals surface area (Å²) >= 11 is 0. The smallest absolute Gasteiger partial charge is 0.232 e. The molecule has 5 nitrogen and oxygen atoms in total. The third kappa shape index (κ3) is 3.32. The third-order valence-electron chi connectivity index (χ3n) is 3.58. The second-order valence-electron chi connectivity index (χ2n) is 4.98. The maximum Gasteiger partial charge on any atom is 0.232 e. The zero-order valence-corrected chi connectivity index (χ0v) is 13.0. The summed E-state index contributed by atoms with van der Waals surface area (Å²) < 4.78 is 50.0. The number of benzene rings is 1. The van der Waals surface area contributed by atoms with E-state index in [4.69, 9.17) is 0 Å². The molecule has 7 heteroatoms. The highest BCUT2D eigenvalue weighted by Crippen LogP contribution is 2.30. The van der Waals surface area contributed by atoms with Gasteiger partial charge in [-0.15, -0.1) is 0 Å². The molecule has 1 aliphatic carbocycles. The molecule has 1 aliphatic rings. The second kappa shape index (κ2) is 5.73. The molecule has 112 valence electrons. The van der Waals surface area contributed by atoms with Gasteiger partial charge in [-0.1, -0.05) is 12.8 Å². The molecule has 20 heavy (non-hydrogen) atoms. The molecular formula is C13H19NO4S2. The molecule has 0 amide bonds. The van der Waals surface area contributed by atoms with Crippen LogP contribution in [-0.4, -0.2) is 27.8 Å². The van der Waals surface area contributed by atoms with Gasteiger partial charge in [0.15, 0.2) is 9.84 Å². The first-order valence-corrected chi connectivity index (χ1v) is 9.89. The number of sulfone groups is 1. The Morgan fingerprint density at radius 1 is 1.05 bits per heavy atom. The van der Waals surface area contributed by atoms with Crippen LogP contribution in [0.5, 0.6) is 0 Å². The van der Waals surface area contributed by atoms with E-state index in [9.17, 15) is 16.8 Å². The van der Waals surface area contributed by atoms with E-state index in [0.29, 0.717) is 18.5 Å². The summed E-state index contributed by atoms with van der Waals surface area (Å²) in [5.41, 5.74) is 0.386. The van der Waals surface area contributed by atoms with Crippen LogP contribution in [0, 0.1) is 0 Å². The minimum atomic E-state index is -3.34. The van der Waals surface area contributed by atoms with Crippen molar-refractivity contribution in [1.82, 2.24) is 0 Å². The van der Waals surface area contributed by atoms with Crippen LogP contribution >= 0.6 is 0 Å². The fourth-order valence-electron chi connectivity index (χ4n) is 2.36. The Morgan fingerprint density at radius 2 is 1.60 bits per heavy atom. The predicted molar refractivity (Wildman–Crippen MR) is 79.0 cm³/mol. The van der Waals surface area contributed by atoms with Crippen LogP contribution in [0.3, 0.4) is 0 Å². The topological polar surface area (TPSA) is 80.3 Å². The van der Waals surface area contributed by atoms with E-state index in [1.165, 1.54) is 24.3 Å². The van der Waals surface area contributed by atoms with Crippen LogP contribution in [0.2, 0.25) is 0 Å². The van der Waals surface area contributed by atoms with E-state index >= 15 is 0 Å². The summed E-state index contributed by atoms with van der Waals surface area (Å²) in [6.07, 6.45) is 3.34. The van der Waals surface area contributed by atoms with Crippen molar-refractivity contribution in [2.75, 3.05) is 10.5 Å². The number of rotatable bonds is 5. The lowest BCUT2D eigenvalue weighted by atomic mass is 10.3. The Labute approximate surface area is 120 Å². The standard InChI is InChI=1S/C13H19NO4S2/c1-2-19(15,16)14-11-7-9-13(10-8-11)20(17,18)12-5-3-4-6-12/h7-10,12,14H,2-6H2,1H3. The van der Waals surface area contributed by atoms with Crippen LogP contribution in [0.25, 0.3) is 0 Å². The van der Waals surface area contributed by atoms with Crippen molar-refractivity contribution >= 4 is 25.5 Å². The minimum absolute atomic E-state index is 0.0187. The summed E-state index contributed by atoms with van der Waals surface area (Å²) in [5, 5.41) is -0.291. The molecule has 0 bridgehead atoms. The molecule has 1 fully saturated rings. The van der Waals surface area contributed by atoms with Gasteiger partial charge in [-0.05, 0) is 44.0 Å². The van der Waals surface area contributed by atoms with Gasteiger partial charge in [-0.3, -0.25) is 4.72 Å². The van der Waals surface area contributed by atoms with Crippen molar-refractivity contribution in [2.24, 2.45) is 0 Å². The van der Waals surface area contributed by atoms with Gasteiger partial charge in [-0.2, -0.15) is 0 Å². The van der Waals surface area contributed by atoms with Gasteiger partial charge in [0.25, 0.3) is 0 Å². The van der Waals surface area contributed by atoms with Crippen LogP contribution in [-0.2, 0) is 19.9 Å². The van der Waals surface area contributed by atoms with Crippen molar-refractivity contribution in [2.45, 2.75) is 42.8 Å². The zero-order chi connectivity index (χ0) is 14.8. The minimum Gasteiger partial charge on any atom is -0.284 e. The second-order valence-corrected chi connectivity index (χ2v) is 9.22. The highest BCUT2D eigenvalue weighted by molar-refractivity contribution is 7.92. The molecule has 0 aliphatic heterocycles. The Bertz CT molecular complexity index is 657. The Balaban J connectivity index is 2.20. The van der Waals surface area contributed by atoms with Gasteiger partial charge < -0.3 is 0 Å². The molecule has 1 aromatic rings. The van der Waals surface area contributed by atoms with Crippen molar-refractivity contribution in [1.29, 1.82) is 0 Å². The number of hydrogen-bond acceptors (Lipinski definition) is 4. The molecule has 1 aromatic carbocycles. The molecule has 0 saturated heterocycles. The lowest BCUT2D eigenvalue weighted by Crippen LogP contribution is -2.18. The zero-order valence-electron chi connectivity index (χ0n) is 11.4. The summed E-state index contributed by atoms with van der Waals surface area (Å²) in [6, 6.07) is 5.94. The van der Waals surface area contributed by atoms with E-state index < -0.39 is 19.9 Å². The van der Waals surface area contributed by atoms with E-state index in [1.54, 1.807) is 6.92 Å². The van der Waals surface area contributed by atoms with Gasteiger partial charge in [0, 0.05) is 5.69 Å². The van der Waals surface area contributed by atoms with E-state index in [1.807, 2.05) is 0 Å². The largest absolute Gasteiger partial charge is 0.284 e. The van der Waals surface area contributed by atoms with Crippen molar-refractivity contribution < 1.29 is 16.8 Å². The molecule has 0 radical (unpaired) electrons. The number of hydrogen-bond donors (Lipinski definition) is 1. The first-order valence-electron chi connectivity index (χ1n) is 6.69. The van der Waals surface area contributed by atoms with Gasteiger partial charge in [0.05, 0.1) is 15.9 Å². The van der Waals surface area contributed by atoms with Crippen LogP contribution in [0.4, 0.5) is 5.69 Å². The SMILES string of the molecule is CCS(=O)(=O)Nc1ccc(S(=O)(=O)C2CCCC2)cc1. The Hall–Kier alpha value is -1.08. The van der Waals surface area contributed by atoms with Gasteiger partial charge in [0.1, 0.15) is 0 Å². The monoisotopic (exact) mass is 317 g/mol. The van der Waals surface area contributed by atoms with Gasteiger partial charge in [0.2, 0.25) is 10.0 Å². The number of sulfonamides is 1. The summed E-state index contributed by atoms with van der Waals surface area (Å²) in [5.74, 6) is -0.0187. The maximum absolute atomic E-state index is 12.3. The molecule has 1 N–H and O–H groups in total. The van der Waals surface area contributed by atoms with Gasteiger partial charge in [-0.25, -0.2) is 16.8 Å². The van der Waals surface area contributed by atoms with Crippen LogP contribution < -0.4 is 4.72 Å². The van der Waals surface area contributed by atoms with Crippen LogP contribution in [0.15, 0.2) is 29.2 Å². The molecular weight excluding hydrogens is 298 g/mol. The molecule has 0 heterocycles. The maximum atomic E-state index is 12.3. The summed E-state index contributed by atoms with van der Waals surface area (Å²) in [6.45, 7) is 1.54. The van der Waals surface area contributed by atoms with Gasteiger partial charge >= 0.3 is 0 Å². The van der Waals surface area contributed by atoms with E-state index in [0.717, 1.165) is 12.8 Å². The fourth-order valence-corrected chi connectivity index (χ4v) is 4.85. The number of anilines is 1. The first kappa shape index (κ1) is 15.3. The van der Waals surface area contributed by atoms with E-state index in [-0.39, 0.29) is 15.9 Å². The van der Waals surface area contributed by atoms with Crippen LogP contribution in [0.1, 0.15) is 32.6 Å². The lowest BCUT2D eigenvalue weighted by Gasteiger charge is -2.12. The molecule has 0 aromatic heterocycles. The quantitative estimate of drug-likeness (QED) is 0.902. The molecule has 0 unspecified atom stereocenters. The lowest BCUT2D eigenvalue weighted by molar-refractivity contribution is 0.579. The van der Waals surface area contributed by atoms with Crippen molar-refractivity contribution in [3.05, 3.63) is 24.3 Å². The third-order valence-corrected chi connectivity index (χ3v) is 7.16. The highest BCUT2D eigenvalue weighted by Gasteiger charge is 2.30. The highest BCUT2D eigenvalue weighted by atomic mass is 32.2. The van der Waals surface area contributed by atoms with Crippen molar-refractivity contribution in [3.8, 4) is 0 Å². The molecule has 0 spiro atoms. The number of nitrogens with one attached hydrogen (secondary N) is 1. The average molecular weight is 317 g/mol. The van der Waals surface area contributed by atoms with E-state index in [2.05, 4.69) is 4.72 Å². The molecule has 1 saturated carbocycles. The molecule has 0 atom stereocenters. The first-order chi connectivity index (χ1) is 9.35. The van der Waals surface area contributed by atoms with Crippen molar-refractivity contribution in [3.63, 3.8) is 0 Å². The normalized spacial score (nSPS) is 17.2. The Morgan fingerprint density at radius 3 is 2.10 bits per heavy atom. The predicted octanol–water partition coefficient (Wildman–Crippen LogP) is 2.16. The Kier molecular flexibility index (Phi) is 4.39. The molecule has 2 rings (SSSR count).